The monoisotopic (exact) mass is 943 g/mol. The summed E-state index contributed by atoms with van der Waals surface area (Å²) in [6.07, 6.45) is 0. The van der Waals surface area contributed by atoms with Gasteiger partial charge in [-0.1, -0.05) is 246 Å². The molecule has 74 heavy (non-hydrogen) atoms. The summed E-state index contributed by atoms with van der Waals surface area (Å²) in [4.78, 5) is 2.56. The van der Waals surface area contributed by atoms with Gasteiger partial charge in [-0.15, -0.1) is 0 Å². The number of anilines is 3. The summed E-state index contributed by atoms with van der Waals surface area (Å²) in [5, 5.41) is 0. The van der Waals surface area contributed by atoms with Crippen molar-refractivity contribution < 1.29 is 0 Å². The highest BCUT2D eigenvalue weighted by Gasteiger charge is 2.51. The first-order valence-corrected chi connectivity index (χ1v) is 26.3. The zero-order valence-electron chi connectivity index (χ0n) is 42.1. The van der Waals surface area contributed by atoms with Gasteiger partial charge in [0.1, 0.15) is 0 Å². The van der Waals surface area contributed by atoms with Crippen molar-refractivity contribution >= 4 is 17.1 Å². The summed E-state index contributed by atoms with van der Waals surface area (Å²) in [5.74, 6) is 0. The Balaban J connectivity index is 0.975. The highest BCUT2D eigenvalue weighted by atomic mass is 15.1. The van der Waals surface area contributed by atoms with E-state index >= 15 is 0 Å². The summed E-state index contributed by atoms with van der Waals surface area (Å²) in [6, 6.07) is 94.0. The molecule has 0 bridgehead atoms. The second-order valence-corrected chi connectivity index (χ2v) is 21.9. The first-order chi connectivity index (χ1) is 36.3. The van der Waals surface area contributed by atoms with E-state index in [9.17, 15) is 0 Å². The minimum absolute atomic E-state index is 0.133. The first kappa shape index (κ1) is 42.9. The lowest BCUT2D eigenvalue weighted by Gasteiger charge is -2.32. The van der Waals surface area contributed by atoms with E-state index in [-0.39, 0.29) is 10.8 Å². The molecule has 0 aliphatic heterocycles. The van der Waals surface area contributed by atoms with Gasteiger partial charge < -0.3 is 4.90 Å². The van der Waals surface area contributed by atoms with Gasteiger partial charge in [-0.3, -0.25) is 0 Å². The lowest BCUT2D eigenvalue weighted by atomic mass is 9.70. The molecule has 0 aromatic heterocycles. The van der Waals surface area contributed by atoms with Crippen LogP contribution in [-0.4, -0.2) is 0 Å². The van der Waals surface area contributed by atoms with Crippen molar-refractivity contribution in [2.45, 2.75) is 43.9 Å². The van der Waals surface area contributed by atoms with Crippen molar-refractivity contribution in [2.75, 3.05) is 4.90 Å². The maximum atomic E-state index is 2.56. The summed E-state index contributed by atoms with van der Waals surface area (Å²) in [5.41, 5.74) is 31.3. The summed E-state index contributed by atoms with van der Waals surface area (Å²) >= 11 is 0. The Morgan fingerprint density at radius 1 is 0.257 bits per heavy atom. The van der Waals surface area contributed by atoms with Gasteiger partial charge in [-0.05, 0) is 142 Å². The van der Waals surface area contributed by atoms with E-state index in [4.69, 9.17) is 0 Å². The summed E-state index contributed by atoms with van der Waals surface area (Å²) < 4.78 is 0. The van der Waals surface area contributed by atoms with E-state index in [1.807, 2.05) is 0 Å². The molecule has 1 spiro atoms. The Kier molecular flexibility index (Phi) is 9.04. The van der Waals surface area contributed by atoms with Gasteiger partial charge in [-0.25, -0.2) is 0 Å². The third-order valence-electron chi connectivity index (χ3n) is 17.5. The molecular formula is C73H53N. The fraction of sp³-hybridized carbons (Fsp3) is 0.0959. The van der Waals surface area contributed by atoms with Crippen LogP contribution >= 0.6 is 0 Å². The molecule has 0 atom stereocenters. The molecule has 11 aromatic rings. The molecule has 0 radical (unpaired) electrons. The van der Waals surface area contributed by atoms with E-state index in [1.165, 1.54) is 122 Å². The molecule has 0 fully saturated rings. The minimum Gasteiger partial charge on any atom is -0.309 e. The maximum absolute atomic E-state index is 2.56. The van der Waals surface area contributed by atoms with E-state index in [2.05, 4.69) is 281 Å². The second-order valence-electron chi connectivity index (χ2n) is 21.9. The quantitative estimate of drug-likeness (QED) is 0.161. The van der Waals surface area contributed by atoms with Crippen LogP contribution in [0.4, 0.5) is 17.1 Å². The molecule has 0 N–H and O–H groups in total. The number of hydrogen-bond donors (Lipinski definition) is 0. The molecule has 0 unspecified atom stereocenters. The predicted octanol–water partition coefficient (Wildman–Crippen LogP) is 19.1. The maximum Gasteiger partial charge on any atom is 0.0725 e. The van der Waals surface area contributed by atoms with E-state index in [0.29, 0.717) is 0 Å². The third kappa shape index (κ3) is 5.70. The SMILES string of the molecule is CC1(C)c2ccccc2-c2c(-c3ccccc3N(c3cccc(-c4cccc5c4C(C)(C)c4ccccc4-5)c3)c3ccccc3-c3ccc4c(c3)C3(c5ccccc5-c5ccccc53)c3ccccc3-4)cccc21. The summed E-state index contributed by atoms with van der Waals surface area (Å²) in [6.45, 7) is 9.54. The van der Waals surface area contributed by atoms with Crippen molar-refractivity contribution in [3.63, 3.8) is 0 Å². The van der Waals surface area contributed by atoms with Crippen molar-refractivity contribution in [3.05, 3.63) is 293 Å². The van der Waals surface area contributed by atoms with Crippen LogP contribution in [0.1, 0.15) is 72.2 Å². The molecule has 4 aliphatic rings. The van der Waals surface area contributed by atoms with Crippen molar-refractivity contribution in [1.29, 1.82) is 0 Å². The number of rotatable bonds is 6. The molecule has 350 valence electrons. The molecule has 0 amide bonds. The minimum atomic E-state index is -0.453. The molecule has 11 aromatic carbocycles. The van der Waals surface area contributed by atoms with E-state index in [0.717, 1.165) is 17.1 Å². The normalized spacial score (nSPS) is 14.8. The smallest absolute Gasteiger partial charge is 0.0725 e. The Morgan fingerprint density at radius 3 is 1.32 bits per heavy atom. The fourth-order valence-electron chi connectivity index (χ4n) is 14.4. The lowest BCUT2D eigenvalue weighted by molar-refractivity contribution is 0.660. The Bertz CT molecular complexity index is 4100. The van der Waals surface area contributed by atoms with Gasteiger partial charge in [0.05, 0.1) is 16.8 Å². The molecule has 0 heterocycles. The molecule has 15 rings (SSSR count). The molecule has 0 saturated carbocycles. The van der Waals surface area contributed by atoms with Gasteiger partial charge in [-0.2, -0.15) is 0 Å². The highest BCUT2D eigenvalue weighted by molar-refractivity contribution is 6.02. The average molecular weight is 944 g/mol. The van der Waals surface area contributed by atoms with Gasteiger partial charge in [0.15, 0.2) is 0 Å². The molecule has 1 heteroatoms. The van der Waals surface area contributed by atoms with Crippen LogP contribution in [0.15, 0.2) is 249 Å². The fourth-order valence-corrected chi connectivity index (χ4v) is 14.4. The standard InChI is InChI=1S/C73H53N/c1-71(2)61-35-13-9-30-59(61)69-57(32-21-39-65(69)71)56-29-11-18-41-68(56)74(48-23-19-22-46(44-48)50-31-20-33-58-54-28-5-12-34-60(54)72(3,4)70(50)58)67-40-17-10-24-49(67)47-42-43-55-53-27-8-16-38-64(53)73(66(55)45-47)62-36-14-6-25-51(62)52-26-7-15-37-63(52)73/h5-45H,1-4H3. The third-order valence-corrected chi connectivity index (χ3v) is 17.5. The van der Waals surface area contributed by atoms with Crippen LogP contribution < -0.4 is 4.90 Å². The number of nitrogens with zero attached hydrogens (tertiary/aromatic N) is 1. The van der Waals surface area contributed by atoms with Crippen LogP contribution in [0, 0.1) is 0 Å². The van der Waals surface area contributed by atoms with Gasteiger partial charge in [0, 0.05) is 27.6 Å². The zero-order valence-corrected chi connectivity index (χ0v) is 42.1. The topological polar surface area (TPSA) is 3.24 Å². The predicted molar refractivity (Wildman–Crippen MR) is 309 cm³/mol. The zero-order chi connectivity index (χ0) is 49.5. The van der Waals surface area contributed by atoms with Gasteiger partial charge in [0.2, 0.25) is 0 Å². The van der Waals surface area contributed by atoms with E-state index < -0.39 is 5.41 Å². The Hall–Kier alpha value is -8.78. The Labute approximate surface area is 434 Å². The van der Waals surface area contributed by atoms with E-state index in [1.54, 1.807) is 0 Å². The number of hydrogen-bond acceptors (Lipinski definition) is 1. The molecule has 4 aliphatic carbocycles. The molecular weight excluding hydrogens is 891 g/mol. The summed E-state index contributed by atoms with van der Waals surface area (Å²) in [7, 11) is 0. The first-order valence-electron chi connectivity index (χ1n) is 26.3. The lowest BCUT2D eigenvalue weighted by Crippen LogP contribution is -2.25. The van der Waals surface area contributed by atoms with Crippen molar-refractivity contribution in [3.8, 4) is 77.9 Å². The number of fused-ring (bicyclic) bond motifs is 16. The number of benzene rings is 11. The van der Waals surface area contributed by atoms with Crippen LogP contribution in [0.2, 0.25) is 0 Å². The van der Waals surface area contributed by atoms with Crippen molar-refractivity contribution in [1.82, 2.24) is 0 Å². The van der Waals surface area contributed by atoms with Crippen LogP contribution in [-0.2, 0) is 16.2 Å². The van der Waals surface area contributed by atoms with Crippen LogP contribution in [0.5, 0.6) is 0 Å². The van der Waals surface area contributed by atoms with Gasteiger partial charge >= 0.3 is 0 Å². The molecule has 1 nitrogen and oxygen atoms in total. The van der Waals surface area contributed by atoms with Crippen LogP contribution in [0.3, 0.4) is 0 Å². The molecule has 0 saturated heterocycles. The largest absolute Gasteiger partial charge is 0.309 e. The van der Waals surface area contributed by atoms with Crippen molar-refractivity contribution in [2.24, 2.45) is 0 Å². The second kappa shape index (κ2) is 15.6. The number of para-hydroxylation sites is 2. The van der Waals surface area contributed by atoms with Crippen LogP contribution in [0.25, 0.3) is 77.9 Å². The van der Waals surface area contributed by atoms with Gasteiger partial charge in [0.25, 0.3) is 0 Å². The Morgan fingerprint density at radius 2 is 0.676 bits per heavy atom. The average Bonchev–Trinajstić information content (AvgIpc) is 4.09. The highest BCUT2D eigenvalue weighted by Crippen LogP contribution is 2.64.